The second-order valence-electron chi connectivity index (χ2n) is 8.12. The Labute approximate surface area is 186 Å². The first kappa shape index (κ1) is 21.3. The van der Waals surface area contributed by atoms with Crippen LogP contribution in [0.2, 0.25) is 0 Å². The van der Waals surface area contributed by atoms with E-state index in [0.29, 0.717) is 18.0 Å². The lowest BCUT2D eigenvalue weighted by molar-refractivity contribution is -0.131. The van der Waals surface area contributed by atoms with Gasteiger partial charge in [0.1, 0.15) is 0 Å². The molecule has 0 bridgehead atoms. The molecule has 2 aromatic carbocycles. The van der Waals surface area contributed by atoms with Crippen LogP contribution in [0.5, 0.6) is 0 Å². The minimum atomic E-state index is -0.0478. The molecule has 4 rings (SSSR count). The standard InChI is InChI=1S/C24H28N4O2S/c1-4-22(29)26-24-25-20-9-8-18(13-21(20)31-24)14-23(30)27-10-11-28(17(3)15-27)19-7-5-6-16(2)12-19/h5-9,12-13,17H,4,10-11,14-15H2,1-3H3,(H,25,26,29)/t17-/m1/s1. The van der Waals surface area contributed by atoms with E-state index in [-0.39, 0.29) is 17.9 Å². The summed E-state index contributed by atoms with van der Waals surface area (Å²) < 4.78 is 0.981. The van der Waals surface area contributed by atoms with Gasteiger partial charge < -0.3 is 15.1 Å². The molecule has 1 N–H and O–H groups in total. The fourth-order valence-electron chi connectivity index (χ4n) is 4.00. The van der Waals surface area contributed by atoms with Gasteiger partial charge in [-0.2, -0.15) is 0 Å². The van der Waals surface area contributed by atoms with E-state index in [1.165, 1.54) is 22.6 Å². The van der Waals surface area contributed by atoms with Gasteiger partial charge in [0, 0.05) is 37.8 Å². The minimum absolute atomic E-state index is 0.0478. The predicted octanol–water partition coefficient (Wildman–Crippen LogP) is 4.23. The number of aromatic nitrogens is 1. The number of amides is 2. The van der Waals surface area contributed by atoms with Crippen LogP contribution in [0.3, 0.4) is 0 Å². The van der Waals surface area contributed by atoms with Crippen molar-refractivity contribution in [1.29, 1.82) is 0 Å². The van der Waals surface area contributed by atoms with Crippen molar-refractivity contribution in [3.8, 4) is 0 Å². The van der Waals surface area contributed by atoms with Crippen LogP contribution in [0, 0.1) is 6.92 Å². The Morgan fingerprint density at radius 3 is 2.77 bits per heavy atom. The summed E-state index contributed by atoms with van der Waals surface area (Å²) in [5.74, 6) is 0.104. The fraction of sp³-hybridized carbons (Fsp3) is 0.375. The molecule has 7 heteroatoms. The molecule has 0 aliphatic carbocycles. The zero-order valence-electron chi connectivity index (χ0n) is 18.2. The van der Waals surface area contributed by atoms with E-state index >= 15 is 0 Å². The van der Waals surface area contributed by atoms with Gasteiger partial charge in [0.2, 0.25) is 11.8 Å². The van der Waals surface area contributed by atoms with Gasteiger partial charge in [0.25, 0.3) is 0 Å². The Kier molecular flexibility index (Phi) is 6.23. The van der Waals surface area contributed by atoms with Crippen LogP contribution in [0.25, 0.3) is 10.2 Å². The van der Waals surface area contributed by atoms with Crippen LogP contribution in [-0.2, 0) is 16.0 Å². The highest BCUT2D eigenvalue weighted by atomic mass is 32.1. The van der Waals surface area contributed by atoms with Gasteiger partial charge in [-0.25, -0.2) is 4.98 Å². The topological polar surface area (TPSA) is 65.5 Å². The number of piperazine rings is 1. The lowest BCUT2D eigenvalue weighted by Crippen LogP contribution is -2.54. The van der Waals surface area contributed by atoms with Crippen LogP contribution in [0.15, 0.2) is 42.5 Å². The second kappa shape index (κ2) is 9.06. The maximum atomic E-state index is 13.0. The van der Waals surface area contributed by atoms with Gasteiger partial charge in [-0.05, 0) is 49.2 Å². The monoisotopic (exact) mass is 436 g/mol. The number of nitrogens with one attached hydrogen (secondary N) is 1. The Balaban J connectivity index is 1.40. The first-order chi connectivity index (χ1) is 14.9. The highest BCUT2D eigenvalue weighted by molar-refractivity contribution is 7.22. The Hall–Kier alpha value is -2.93. The quantitative estimate of drug-likeness (QED) is 0.650. The molecule has 1 atom stereocenters. The maximum Gasteiger partial charge on any atom is 0.227 e. The van der Waals surface area contributed by atoms with Crippen molar-refractivity contribution in [3.05, 3.63) is 53.6 Å². The number of thiazole rings is 1. The molecule has 31 heavy (non-hydrogen) atoms. The van der Waals surface area contributed by atoms with Gasteiger partial charge in [0.05, 0.1) is 16.6 Å². The first-order valence-corrected chi connectivity index (χ1v) is 11.5. The number of fused-ring (bicyclic) bond motifs is 1. The SMILES string of the molecule is CCC(=O)Nc1nc2ccc(CC(=O)N3CCN(c4cccc(C)c4)[C@H](C)C3)cc2s1. The van der Waals surface area contributed by atoms with Gasteiger partial charge in [0.15, 0.2) is 5.13 Å². The van der Waals surface area contributed by atoms with Crippen LogP contribution in [0.4, 0.5) is 10.8 Å². The summed E-state index contributed by atoms with van der Waals surface area (Å²) in [5, 5.41) is 3.41. The normalized spacial score (nSPS) is 16.5. The number of anilines is 2. The third kappa shape index (κ3) is 4.88. The lowest BCUT2D eigenvalue weighted by atomic mass is 10.1. The zero-order chi connectivity index (χ0) is 22.0. The number of carbonyl (C=O) groups excluding carboxylic acids is 2. The summed E-state index contributed by atoms with van der Waals surface area (Å²) in [7, 11) is 0. The molecule has 2 heterocycles. The minimum Gasteiger partial charge on any atom is -0.365 e. The van der Waals surface area contributed by atoms with E-state index in [2.05, 4.69) is 53.3 Å². The van der Waals surface area contributed by atoms with Crippen LogP contribution < -0.4 is 10.2 Å². The van der Waals surface area contributed by atoms with Crippen molar-refractivity contribution in [1.82, 2.24) is 9.88 Å². The number of nitrogens with zero attached hydrogens (tertiary/aromatic N) is 3. The van der Waals surface area contributed by atoms with Gasteiger partial charge in [-0.3, -0.25) is 9.59 Å². The summed E-state index contributed by atoms with van der Waals surface area (Å²) in [4.78, 5) is 33.4. The summed E-state index contributed by atoms with van der Waals surface area (Å²) in [6.07, 6.45) is 0.799. The van der Waals surface area contributed by atoms with Crippen LogP contribution in [0.1, 0.15) is 31.4 Å². The van der Waals surface area contributed by atoms with E-state index in [0.717, 1.165) is 35.4 Å². The Morgan fingerprint density at radius 2 is 2.03 bits per heavy atom. The average molecular weight is 437 g/mol. The summed E-state index contributed by atoms with van der Waals surface area (Å²) >= 11 is 1.44. The van der Waals surface area contributed by atoms with Crippen LogP contribution >= 0.6 is 11.3 Å². The molecule has 1 aliphatic heterocycles. The van der Waals surface area contributed by atoms with Gasteiger partial charge in [-0.15, -0.1) is 0 Å². The van der Waals surface area contributed by atoms with E-state index in [1.807, 2.05) is 30.0 Å². The molecule has 1 saturated heterocycles. The molecule has 0 unspecified atom stereocenters. The highest BCUT2D eigenvalue weighted by Gasteiger charge is 2.27. The smallest absolute Gasteiger partial charge is 0.227 e. The number of aryl methyl sites for hydroxylation is 1. The summed E-state index contributed by atoms with van der Waals surface area (Å²) in [5.41, 5.74) is 4.29. The van der Waals surface area contributed by atoms with Crippen LogP contribution in [-0.4, -0.2) is 47.4 Å². The molecule has 0 radical (unpaired) electrons. The van der Waals surface area contributed by atoms with E-state index in [1.54, 1.807) is 0 Å². The molecule has 1 fully saturated rings. The molecule has 0 spiro atoms. The highest BCUT2D eigenvalue weighted by Crippen LogP contribution is 2.27. The van der Waals surface area contributed by atoms with Gasteiger partial charge in [-0.1, -0.05) is 36.5 Å². The molecular weight excluding hydrogens is 408 g/mol. The fourth-order valence-corrected chi connectivity index (χ4v) is 4.95. The Morgan fingerprint density at radius 1 is 1.19 bits per heavy atom. The first-order valence-electron chi connectivity index (χ1n) is 10.7. The lowest BCUT2D eigenvalue weighted by Gasteiger charge is -2.41. The zero-order valence-corrected chi connectivity index (χ0v) is 19.0. The molecule has 162 valence electrons. The largest absolute Gasteiger partial charge is 0.365 e. The maximum absolute atomic E-state index is 13.0. The van der Waals surface area contributed by atoms with Crippen molar-refractivity contribution < 1.29 is 9.59 Å². The molecule has 1 aliphatic rings. The third-order valence-electron chi connectivity index (χ3n) is 5.69. The average Bonchev–Trinajstić information content (AvgIpc) is 3.14. The van der Waals surface area contributed by atoms with Crippen molar-refractivity contribution >= 4 is 44.2 Å². The molecule has 3 aromatic rings. The van der Waals surface area contributed by atoms with Crippen molar-refractivity contribution in [2.45, 2.75) is 39.7 Å². The summed E-state index contributed by atoms with van der Waals surface area (Å²) in [6, 6.07) is 14.7. The molecule has 0 saturated carbocycles. The number of carbonyl (C=O) groups is 2. The molecule has 1 aromatic heterocycles. The molecule has 6 nitrogen and oxygen atoms in total. The number of hydrogen-bond acceptors (Lipinski definition) is 5. The van der Waals surface area contributed by atoms with Crippen molar-refractivity contribution in [2.24, 2.45) is 0 Å². The number of benzene rings is 2. The van der Waals surface area contributed by atoms with E-state index in [9.17, 15) is 9.59 Å². The number of rotatable bonds is 5. The third-order valence-corrected chi connectivity index (χ3v) is 6.62. The van der Waals surface area contributed by atoms with E-state index < -0.39 is 0 Å². The van der Waals surface area contributed by atoms with Gasteiger partial charge >= 0.3 is 0 Å². The van der Waals surface area contributed by atoms with E-state index in [4.69, 9.17) is 0 Å². The predicted molar refractivity (Wildman–Crippen MR) is 127 cm³/mol. The van der Waals surface area contributed by atoms with Crippen molar-refractivity contribution in [2.75, 3.05) is 29.9 Å². The number of hydrogen-bond donors (Lipinski definition) is 1. The Bertz CT molecular complexity index is 1110. The molecular formula is C24H28N4O2S. The molecule has 2 amide bonds. The summed E-state index contributed by atoms with van der Waals surface area (Å²) in [6.45, 7) is 8.39. The second-order valence-corrected chi connectivity index (χ2v) is 9.15. The van der Waals surface area contributed by atoms with Crippen molar-refractivity contribution in [3.63, 3.8) is 0 Å².